The van der Waals surface area contributed by atoms with Gasteiger partial charge < -0.3 is 16.4 Å². The molecule has 5 N–H and O–H groups in total. The Kier molecular flexibility index (Phi) is 5.56. The average molecular weight is 424 g/mol. The first-order valence-electron chi connectivity index (χ1n) is 9.98. The minimum absolute atomic E-state index is 0.233. The van der Waals surface area contributed by atoms with Crippen LogP contribution in [0.2, 0.25) is 0 Å². The molecule has 4 rings (SSSR count). The molecule has 8 heteroatoms. The largest absolute Gasteiger partial charge is 0.374 e. The highest BCUT2D eigenvalue weighted by Crippen LogP contribution is 2.41. The Hall–Kier alpha value is -3.52. The van der Waals surface area contributed by atoms with Gasteiger partial charge in [-0.25, -0.2) is 8.78 Å². The van der Waals surface area contributed by atoms with E-state index in [1.165, 1.54) is 24.3 Å². The quantitative estimate of drug-likeness (QED) is 0.512. The number of nitrogens with one attached hydrogen (secondary N) is 3. The van der Waals surface area contributed by atoms with Crippen molar-refractivity contribution in [3.63, 3.8) is 0 Å². The van der Waals surface area contributed by atoms with E-state index in [-0.39, 0.29) is 18.1 Å². The molecule has 0 saturated heterocycles. The van der Waals surface area contributed by atoms with E-state index in [4.69, 9.17) is 5.73 Å². The second-order valence-corrected chi connectivity index (χ2v) is 7.65. The van der Waals surface area contributed by atoms with Crippen LogP contribution in [0.5, 0.6) is 0 Å². The number of halogens is 2. The smallest absolute Gasteiger partial charge is 0.258 e. The van der Waals surface area contributed by atoms with E-state index in [2.05, 4.69) is 16.0 Å². The Morgan fingerprint density at radius 3 is 2.16 bits per heavy atom. The van der Waals surface area contributed by atoms with Crippen LogP contribution in [0.25, 0.3) is 0 Å². The molecule has 0 spiro atoms. The molecular formula is C23H22F2N4O2. The standard InChI is InChI=1S/C23H22F2N4O2/c24-14-2-6-16(7-3-14)27-20-12-18-19(22(31)28-21(18)30)13-23(20,10-1-11-26)29-17-8-4-15(25)5-9-17/h2-9,12,27,29H,1,10-11,13,26H2,(H,28,30,31). The van der Waals surface area contributed by atoms with Crippen molar-refractivity contribution in [3.8, 4) is 0 Å². The Balaban J connectivity index is 1.78. The normalized spacial score (nSPS) is 20.3. The van der Waals surface area contributed by atoms with Crippen molar-refractivity contribution < 1.29 is 18.4 Å². The third-order valence-corrected chi connectivity index (χ3v) is 5.51. The molecule has 1 aliphatic carbocycles. The molecule has 0 saturated carbocycles. The molecule has 0 radical (unpaired) electrons. The lowest BCUT2D eigenvalue weighted by Gasteiger charge is -2.41. The number of imide groups is 1. The monoisotopic (exact) mass is 424 g/mol. The molecule has 1 heterocycles. The van der Waals surface area contributed by atoms with Crippen molar-refractivity contribution in [3.05, 3.63) is 83.1 Å². The van der Waals surface area contributed by atoms with E-state index in [0.29, 0.717) is 47.6 Å². The molecule has 1 unspecified atom stereocenters. The van der Waals surface area contributed by atoms with Gasteiger partial charge in [0.05, 0.1) is 11.1 Å². The molecule has 31 heavy (non-hydrogen) atoms. The zero-order valence-corrected chi connectivity index (χ0v) is 16.7. The molecule has 1 aliphatic heterocycles. The molecule has 1 atom stereocenters. The van der Waals surface area contributed by atoms with Crippen molar-refractivity contribution in [2.24, 2.45) is 5.73 Å². The molecule has 2 aliphatic rings. The van der Waals surface area contributed by atoms with Gasteiger partial charge in [-0.2, -0.15) is 0 Å². The van der Waals surface area contributed by atoms with E-state index in [1.54, 1.807) is 30.3 Å². The Labute approximate surface area is 178 Å². The van der Waals surface area contributed by atoms with Crippen molar-refractivity contribution in [2.75, 3.05) is 17.2 Å². The predicted molar refractivity (Wildman–Crippen MR) is 114 cm³/mol. The third-order valence-electron chi connectivity index (χ3n) is 5.51. The lowest BCUT2D eigenvalue weighted by molar-refractivity contribution is -0.124. The summed E-state index contributed by atoms with van der Waals surface area (Å²) in [6.07, 6.45) is 3.06. The van der Waals surface area contributed by atoms with Gasteiger partial charge in [-0.15, -0.1) is 0 Å². The Morgan fingerprint density at radius 2 is 1.55 bits per heavy atom. The lowest BCUT2D eigenvalue weighted by Crippen LogP contribution is -2.46. The molecule has 160 valence electrons. The van der Waals surface area contributed by atoms with E-state index in [0.717, 1.165) is 0 Å². The summed E-state index contributed by atoms with van der Waals surface area (Å²) in [4.78, 5) is 24.7. The number of nitrogens with two attached hydrogens (primary N) is 1. The van der Waals surface area contributed by atoms with Crippen molar-refractivity contribution in [1.29, 1.82) is 0 Å². The first-order chi connectivity index (χ1) is 14.9. The van der Waals surface area contributed by atoms with Crippen LogP contribution in [0.4, 0.5) is 20.2 Å². The summed E-state index contributed by atoms with van der Waals surface area (Å²) in [7, 11) is 0. The van der Waals surface area contributed by atoms with E-state index in [9.17, 15) is 18.4 Å². The molecule has 2 amide bonds. The van der Waals surface area contributed by atoms with Gasteiger partial charge in [0, 0.05) is 29.1 Å². The maximum absolute atomic E-state index is 13.4. The summed E-state index contributed by atoms with van der Waals surface area (Å²) >= 11 is 0. The average Bonchev–Trinajstić information content (AvgIpc) is 3.02. The zero-order chi connectivity index (χ0) is 22.0. The minimum Gasteiger partial charge on any atom is -0.374 e. The Bertz CT molecular complexity index is 1080. The van der Waals surface area contributed by atoms with E-state index in [1.807, 2.05) is 0 Å². The van der Waals surface area contributed by atoms with Crippen molar-refractivity contribution in [1.82, 2.24) is 5.32 Å². The topological polar surface area (TPSA) is 96.2 Å². The number of hydrogen-bond donors (Lipinski definition) is 4. The Morgan fingerprint density at radius 1 is 0.935 bits per heavy atom. The van der Waals surface area contributed by atoms with Gasteiger partial charge in [0.1, 0.15) is 11.6 Å². The number of hydrogen-bond acceptors (Lipinski definition) is 5. The van der Waals surface area contributed by atoms with Gasteiger partial charge in [-0.05, 0) is 74.0 Å². The van der Waals surface area contributed by atoms with Gasteiger partial charge in [-0.1, -0.05) is 0 Å². The summed E-state index contributed by atoms with van der Waals surface area (Å²) in [5.74, 6) is -1.60. The van der Waals surface area contributed by atoms with Crippen LogP contribution in [0.15, 0.2) is 71.5 Å². The minimum atomic E-state index is -0.813. The maximum Gasteiger partial charge on any atom is 0.258 e. The number of benzene rings is 2. The van der Waals surface area contributed by atoms with E-state index < -0.39 is 17.4 Å². The van der Waals surface area contributed by atoms with Crippen LogP contribution in [-0.2, 0) is 9.59 Å². The van der Waals surface area contributed by atoms with Gasteiger partial charge in [0.2, 0.25) is 0 Å². The predicted octanol–water partition coefficient (Wildman–Crippen LogP) is 3.21. The maximum atomic E-state index is 13.4. The van der Waals surface area contributed by atoms with Gasteiger partial charge in [0.15, 0.2) is 0 Å². The second kappa shape index (κ2) is 8.31. The molecule has 6 nitrogen and oxygen atoms in total. The van der Waals surface area contributed by atoms with Gasteiger partial charge in [0.25, 0.3) is 11.8 Å². The summed E-state index contributed by atoms with van der Waals surface area (Å²) < 4.78 is 26.8. The summed E-state index contributed by atoms with van der Waals surface area (Å²) in [6, 6.07) is 11.7. The third kappa shape index (κ3) is 4.20. The highest BCUT2D eigenvalue weighted by atomic mass is 19.1. The van der Waals surface area contributed by atoms with Crippen LogP contribution in [-0.4, -0.2) is 23.9 Å². The number of rotatable bonds is 7. The first kappa shape index (κ1) is 20.7. The highest BCUT2D eigenvalue weighted by molar-refractivity contribution is 6.21. The fraction of sp³-hybridized carbons (Fsp3) is 0.217. The van der Waals surface area contributed by atoms with Crippen LogP contribution in [0.1, 0.15) is 19.3 Å². The summed E-state index contributed by atoms with van der Waals surface area (Å²) in [6.45, 7) is 0.424. The SMILES string of the molecule is NCCCC1(Nc2ccc(F)cc2)CC2=C(C=C1Nc1ccc(F)cc1)C(=O)NC2=O. The van der Waals surface area contributed by atoms with Crippen molar-refractivity contribution in [2.45, 2.75) is 24.8 Å². The van der Waals surface area contributed by atoms with E-state index >= 15 is 0 Å². The summed E-state index contributed by atoms with van der Waals surface area (Å²) in [5.41, 5.74) is 7.58. The molecule has 0 aromatic heterocycles. The molecular weight excluding hydrogens is 402 g/mol. The van der Waals surface area contributed by atoms with Crippen LogP contribution in [0, 0.1) is 11.6 Å². The number of amides is 2. The van der Waals surface area contributed by atoms with Crippen molar-refractivity contribution >= 4 is 23.2 Å². The fourth-order valence-electron chi connectivity index (χ4n) is 3.97. The number of carbonyl (C=O) groups excluding carboxylic acids is 2. The zero-order valence-electron chi connectivity index (χ0n) is 16.7. The molecule has 2 aromatic carbocycles. The van der Waals surface area contributed by atoms with Gasteiger partial charge in [-0.3, -0.25) is 14.9 Å². The number of anilines is 2. The first-order valence-corrected chi connectivity index (χ1v) is 9.98. The molecule has 2 aromatic rings. The second-order valence-electron chi connectivity index (χ2n) is 7.65. The van der Waals surface area contributed by atoms with Gasteiger partial charge >= 0.3 is 0 Å². The fourth-order valence-corrected chi connectivity index (χ4v) is 3.97. The van der Waals surface area contributed by atoms with Crippen LogP contribution in [0.3, 0.4) is 0 Å². The summed E-state index contributed by atoms with van der Waals surface area (Å²) in [5, 5.41) is 9.05. The lowest BCUT2D eigenvalue weighted by atomic mass is 9.77. The molecule has 0 fully saturated rings. The highest BCUT2D eigenvalue weighted by Gasteiger charge is 2.44. The van der Waals surface area contributed by atoms with Crippen LogP contribution >= 0.6 is 0 Å². The molecule has 0 bridgehead atoms. The number of carbonyl (C=O) groups is 2. The van der Waals surface area contributed by atoms with Crippen LogP contribution < -0.4 is 21.7 Å².